The molecular weight excluding hydrogens is 247 g/mol. The number of thiazole rings is 1. The van der Waals surface area contributed by atoms with E-state index in [-0.39, 0.29) is 5.91 Å². The maximum atomic E-state index is 12.9. The van der Waals surface area contributed by atoms with Gasteiger partial charge in [-0.1, -0.05) is 6.07 Å². The van der Waals surface area contributed by atoms with Crippen LogP contribution in [0.5, 0.6) is 0 Å². The van der Waals surface area contributed by atoms with E-state index in [2.05, 4.69) is 10.3 Å². The largest absolute Gasteiger partial charge is 0.333 e. The third-order valence-corrected chi connectivity index (χ3v) is 2.91. The molecule has 2 N–H and O–H groups in total. The number of rotatable bonds is 2. The van der Waals surface area contributed by atoms with Gasteiger partial charge in [0.2, 0.25) is 0 Å². The highest BCUT2D eigenvalue weighted by molar-refractivity contribution is 7.73. The van der Waals surface area contributed by atoms with Crippen molar-refractivity contribution in [3.63, 3.8) is 0 Å². The van der Waals surface area contributed by atoms with Crippen molar-refractivity contribution in [2.24, 2.45) is 0 Å². The third-order valence-electron chi connectivity index (χ3n) is 1.85. The number of aromatic amines is 1. The van der Waals surface area contributed by atoms with Gasteiger partial charge < -0.3 is 10.3 Å². The first-order valence-electron chi connectivity index (χ1n) is 4.40. The minimum atomic E-state index is -0.393. The lowest BCUT2D eigenvalue weighted by Gasteiger charge is -2.02. The number of H-pyrrole nitrogens is 1. The molecule has 2 rings (SSSR count). The van der Waals surface area contributed by atoms with Crippen LogP contribution in [0.2, 0.25) is 0 Å². The van der Waals surface area contributed by atoms with Crippen LogP contribution in [0, 0.1) is 9.77 Å². The summed E-state index contributed by atoms with van der Waals surface area (Å²) in [4.78, 5) is 14.4. The molecule has 1 aromatic heterocycles. The van der Waals surface area contributed by atoms with Gasteiger partial charge in [-0.25, -0.2) is 4.39 Å². The molecule has 0 saturated heterocycles. The molecular formula is C10H7FN2OS2. The Kier molecular flexibility index (Phi) is 3.12. The van der Waals surface area contributed by atoms with Crippen LogP contribution in [-0.4, -0.2) is 10.9 Å². The number of halogens is 1. The van der Waals surface area contributed by atoms with Gasteiger partial charge in [-0.15, -0.1) is 11.3 Å². The van der Waals surface area contributed by atoms with E-state index in [1.807, 2.05) is 0 Å². The summed E-state index contributed by atoms with van der Waals surface area (Å²) in [5.41, 5.74) is 0.787. The number of carbonyl (C=O) groups excluding carboxylic acids is 1. The summed E-state index contributed by atoms with van der Waals surface area (Å²) in [5, 5.41) is 4.18. The Labute approximate surface area is 99.9 Å². The molecule has 1 heterocycles. The van der Waals surface area contributed by atoms with Crippen LogP contribution in [0.25, 0.3) is 0 Å². The van der Waals surface area contributed by atoms with E-state index >= 15 is 0 Å². The second-order valence-electron chi connectivity index (χ2n) is 3.03. The first-order valence-corrected chi connectivity index (χ1v) is 5.69. The molecule has 0 spiro atoms. The number of benzene rings is 1. The molecule has 0 fully saturated rings. The minimum Gasteiger partial charge on any atom is -0.333 e. The van der Waals surface area contributed by atoms with E-state index in [1.165, 1.54) is 29.5 Å². The fourth-order valence-corrected chi connectivity index (χ4v) is 1.97. The van der Waals surface area contributed by atoms with Gasteiger partial charge in [0.25, 0.3) is 5.91 Å². The number of carbonyl (C=O) groups is 1. The maximum Gasteiger partial charge on any atom is 0.272 e. The predicted octanol–water partition coefficient (Wildman–Crippen LogP) is 3.20. The van der Waals surface area contributed by atoms with Gasteiger partial charge in [-0.3, -0.25) is 4.79 Å². The number of nitrogens with one attached hydrogen (secondary N) is 2. The Morgan fingerprint density at radius 2 is 2.31 bits per heavy atom. The molecule has 3 nitrogen and oxygen atoms in total. The molecule has 0 aliphatic heterocycles. The molecule has 0 atom stereocenters. The Morgan fingerprint density at radius 3 is 2.94 bits per heavy atom. The smallest absolute Gasteiger partial charge is 0.272 e. The van der Waals surface area contributed by atoms with Crippen LogP contribution in [-0.2, 0) is 0 Å². The summed E-state index contributed by atoms with van der Waals surface area (Å²) in [5.74, 6) is -0.728. The van der Waals surface area contributed by atoms with Crippen LogP contribution >= 0.6 is 23.6 Å². The van der Waals surface area contributed by atoms with Crippen LogP contribution in [0.4, 0.5) is 10.1 Å². The lowest BCUT2D eigenvalue weighted by molar-refractivity contribution is 0.102. The van der Waals surface area contributed by atoms with E-state index in [1.54, 1.807) is 11.4 Å². The maximum absolute atomic E-state index is 12.9. The summed E-state index contributed by atoms with van der Waals surface area (Å²) in [6, 6.07) is 5.70. The highest BCUT2D eigenvalue weighted by atomic mass is 32.1. The molecule has 0 aliphatic rings. The summed E-state index contributed by atoms with van der Waals surface area (Å²) in [6.07, 6.45) is 0. The van der Waals surface area contributed by atoms with Gasteiger partial charge in [0.15, 0.2) is 3.95 Å². The van der Waals surface area contributed by atoms with E-state index in [4.69, 9.17) is 12.2 Å². The lowest BCUT2D eigenvalue weighted by Crippen LogP contribution is -2.12. The van der Waals surface area contributed by atoms with Gasteiger partial charge in [0.1, 0.15) is 11.5 Å². The summed E-state index contributed by atoms with van der Waals surface area (Å²) in [7, 11) is 0. The molecule has 0 unspecified atom stereocenters. The first kappa shape index (κ1) is 11.0. The zero-order valence-electron chi connectivity index (χ0n) is 7.99. The summed E-state index contributed by atoms with van der Waals surface area (Å²) >= 11 is 6.13. The van der Waals surface area contributed by atoms with Gasteiger partial charge in [0, 0.05) is 11.1 Å². The fourth-order valence-electron chi connectivity index (χ4n) is 1.16. The van der Waals surface area contributed by atoms with Crippen molar-refractivity contribution in [1.29, 1.82) is 0 Å². The quantitative estimate of drug-likeness (QED) is 0.808. The normalized spacial score (nSPS) is 10.1. The third kappa shape index (κ3) is 2.53. The predicted molar refractivity (Wildman–Crippen MR) is 63.9 cm³/mol. The summed E-state index contributed by atoms with van der Waals surface area (Å²) in [6.45, 7) is 0. The molecule has 0 aliphatic carbocycles. The van der Waals surface area contributed by atoms with Crippen molar-refractivity contribution in [2.75, 3.05) is 5.32 Å². The Morgan fingerprint density at radius 1 is 1.50 bits per heavy atom. The number of hydrogen-bond acceptors (Lipinski definition) is 3. The van der Waals surface area contributed by atoms with Crippen molar-refractivity contribution in [3.8, 4) is 0 Å². The molecule has 82 valence electrons. The SMILES string of the molecule is O=C(Nc1cccc(F)c1)c1csc(=S)[nH]1. The van der Waals surface area contributed by atoms with Crippen LogP contribution in [0.3, 0.4) is 0 Å². The number of aromatic nitrogens is 1. The fraction of sp³-hybridized carbons (Fsp3) is 0. The van der Waals surface area contributed by atoms with E-state index in [0.29, 0.717) is 15.3 Å². The van der Waals surface area contributed by atoms with Crippen molar-refractivity contribution in [1.82, 2.24) is 4.98 Å². The molecule has 0 bridgehead atoms. The molecule has 0 saturated carbocycles. The molecule has 2 aromatic rings. The standard InChI is InChI=1S/C10H7FN2OS2/c11-6-2-1-3-7(4-6)12-9(14)8-5-16-10(15)13-8/h1-5H,(H,12,14)(H,13,15). The van der Waals surface area contributed by atoms with Crippen LogP contribution < -0.4 is 5.32 Å². The number of amides is 1. The Hall–Kier alpha value is -1.53. The molecule has 6 heteroatoms. The van der Waals surface area contributed by atoms with Crippen LogP contribution in [0.15, 0.2) is 29.6 Å². The van der Waals surface area contributed by atoms with E-state index < -0.39 is 5.82 Å². The molecule has 16 heavy (non-hydrogen) atoms. The van der Waals surface area contributed by atoms with Crippen LogP contribution in [0.1, 0.15) is 10.5 Å². The van der Waals surface area contributed by atoms with Crippen molar-refractivity contribution >= 4 is 35.1 Å². The average molecular weight is 254 g/mol. The highest BCUT2D eigenvalue weighted by Gasteiger charge is 2.07. The second-order valence-corrected chi connectivity index (χ2v) is 4.57. The Balaban J connectivity index is 2.16. The zero-order valence-corrected chi connectivity index (χ0v) is 9.62. The molecule has 1 aromatic carbocycles. The molecule has 1 amide bonds. The van der Waals surface area contributed by atoms with E-state index in [0.717, 1.165) is 0 Å². The minimum absolute atomic E-state index is 0.335. The number of anilines is 1. The topological polar surface area (TPSA) is 44.9 Å². The monoisotopic (exact) mass is 254 g/mol. The average Bonchev–Trinajstić information content (AvgIpc) is 2.65. The second kappa shape index (κ2) is 4.54. The molecule has 0 radical (unpaired) electrons. The summed E-state index contributed by atoms with van der Waals surface area (Å²) < 4.78 is 13.4. The van der Waals surface area contributed by atoms with Crippen molar-refractivity contribution in [2.45, 2.75) is 0 Å². The van der Waals surface area contributed by atoms with Gasteiger partial charge in [0.05, 0.1) is 0 Å². The highest BCUT2D eigenvalue weighted by Crippen LogP contribution is 2.11. The van der Waals surface area contributed by atoms with Crippen molar-refractivity contribution < 1.29 is 9.18 Å². The first-order chi connectivity index (χ1) is 7.65. The van der Waals surface area contributed by atoms with Crippen molar-refractivity contribution in [3.05, 3.63) is 45.1 Å². The number of hydrogen-bond donors (Lipinski definition) is 2. The van der Waals surface area contributed by atoms with E-state index in [9.17, 15) is 9.18 Å². The van der Waals surface area contributed by atoms with Gasteiger partial charge in [-0.2, -0.15) is 0 Å². The Bertz CT molecular complexity index is 576. The zero-order chi connectivity index (χ0) is 11.5. The van der Waals surface area contributed by atoms with Gasteiger partial charge in [-0.05, 0) is 30.4 Å². The lowest BCUT2D eigenvalue weighted by atomic mass is 10.3. The van der Waals surface area contributed by atoms with Gasteiger partial charge >= 0.3 is 0 Å².